The zero-order valence-corrected chi connectivity index (χ0v) is 14.5. The third-order valence-electron chi connectivity index (χ3n) is 4.58. The molecule has 0 bridgehead atoms. The Morgan fingerprint density at radius 2 is 1.96 bits per heavy atom. The second-order valence-electron chi connectivity index (χ2n) is 7.56. The molecule has 1 aromatic carbocycles. The van der Waals surface area contributed by atoms with Gasteiger partial charge in [-0.25, -0.2) is 4.98 Å². The highest BCUT2D eigenvalue weighted by molar-refractivity contribution is 5.16. The zero-order valence-electron chi connectivity index (χ0n) is 14.5. The Hall–Kier alpha value is -1.65. The molecule has 3 rings (SSSR count). The zero-order chi connectivity index (χ0) is 16.5. The van der Waals surface area contributed by atoms with E-state index in [0.717, 1.165) is 25.3 Å². The number of ether oxygens (including phenoxy) is 1. The molecule has 0 aliphatic carbocycles. The smallest absolute Gasteiger partial charge is 0.122 e. The minimum Gasteiger partial charge on any atom is -0.368 e. The van der Waals surface area contributed by atoms with Gasteiger partial charge in [0.1, 0.15) is 5.82 Å². The van der Waals surface area contributed by atoms with E-state index >= 15 is 0 Å². The second kappa shape index (κ2) is 6.10. The van der Waals surface area contributed by atoms with Gasteiger partial charge in [0.05, 0.1) is 17.7 Å². The Balaban J connectivity index is 1.65. The molecule has 1 fully saturated rings. The fourth-order valence-corrected chi connectivity index (χ4v) is 3.53. The summed E-state index contributed by atoms with van der Waals surface area (Å²) in [7, 11) is 0. The van der Waals surface area contributed by atoms with Crippen molar-refractivity contribution < 1.29 is 4.74 Å². The van der Waals surface area contributed by atoms with Gasteiger partial charge in [-0.05, 0) is 39.7 Å². The molecule has 1 N–H and O–H groups in total. The van der Waals surface area contributed by atoms with Crippen LogP contribution in [-0.4, -0.2) is 26.8 Å². The van der Waals surface area contributed by atoms with Gasteiger partial charge in [0.25, 0.3) is 0 Å². The first-order valence-electron chi connectivity index (χ1n) is 8.33. The largest absolute Gasteiger partial charge is 0.368 e. The first-order chi connectivity index (χ1) is 10.9. The van der Waals surface area contributed by atoms with E-state index in [-0.39, 0.29) is 11.2 Å². The number of aromatic nitrogens is 2. The van der Waals surface area contributed by atoms with Gasteiger partial charge >= 0.3 is 0 Å². The third kappa shape index (κ3) is 3.82. The second-order valence-corrected chi connectivity index (χ2v) is 7.56. The van der Waals surface area contributed by atoms with Crippen molar-refractivity contribution in [2.75, 3.05) is 0 Å². The van der Waals surface area contributed by atoms with E-state index in [2.05, 4.69) is 66.8 Å². The fourth-order valence-electron chi connectivity index (χ4n) is 3.53. The van der Waals surface area contributed by atoms with Crippen LogP contribution in [-0.2, 0) is 17.8 Å². The van der Waals surface area contributed by atoms with Gasteiger partial charge < -0.3 is 14.6 Å². The van der Waals surface area contributed by atoms with Crippen LogP contribution in [0, 0.1) is 0 Å². The van der Waals surface area contributed by atoms with Crippen molar-refractivity contribution in [3.05, 3.63) is 54.1 Å². The van der Waals surface area contributed by atoms with E-state index in [1.165, 1.54) is 5.56 Å². The van der Waals surface area contributed by atoms with Crippen LogP contribution in [0.25, 0.3) is 0 Å². The molecule has 4 heteroatoms. The van der Waals surface area contributed by atoms with Crippen molar-refractivity contribution >= 4 is 0 Å². The predicted octanol–water partition coefficient (Wildman–Crippen LogP) is 3.37. The number of nitrogens with zero attached hydrogens (tertiary/aromatic N) is 2. The Morgan fingerprint density at radius 3 is 2.61 bits per heavy atom. The molecule has 0 unspecified atom stereocenters. The SMILES string of the molecule is CC1(C)C[C@@H](NCc2nccn2Cc2ccccc2)C(C)(C)O1. The van der Waals surface area contributed by atoms with Gasteiger partial charge in [-0.15, -0.1) is 0 Å². The monoisotopic (exact) mass is 313 g/mol. The fraction of sp³-hybridized carbons (Fsp3) is 0.526. The Labute approximate surface area is 138 Å². The first-order valence-corrected chi connectivity index (χ1v) is 8.33. The normalized spacial score (nSPS) is 22.3. The van der Waals surface area contributed by atoms with Crippen LogP contribution in [0.4, 0.5) is 0 Å². The molecule has 2 aromatic rings. The Kier molecular flexibility index (Phi) is 4.30. The van der Waals surface area contributed by atoms with Gasteiger partial charge in [0, 0.05) is 25.0 Å². The van der Waals surface area contributed by atoms with E-state index in [9.17, 15) is 0 Å². The Bertz CT molecular complexity index is 646. The number of nitrogens with one attached hydrogen (secondary N) is 1. The van der Waals surface area contributed by atoms with Crippen LogP contribution < -0.4 is 5.32 Å². The summed E-state index contributed by atoms with van der Waals surface area (Å²) in [5.41, 5.74) is 1.07. The van der Waals surface area contributed by atoms with Crippen molar-refractivity contribution in [1.29, 1.82) is 0 Å². The van der Waals surface area contributed by atoms with Gasteiger partial charge in [-0.2, -0.15) is 0 Å². The van der Waals surface area contributed by atoms with Crippen LogP contribution in [0.5, 0.6) is 0 Å². The molecule has 0 spiro atoms. The maximum atomic E-state index is 6.15. The molecule has 0 radical (unpaired) electrons. The van der Waals surface area contributed by atoms with E-state index in [4.69, 9.17) is 4.74 Å². The van der Waals surface area contributed by atoms with Crippen LogP contribution in [0.1, 0.15) is 45.5 Å². The van der Waals surface area contributed by atoms with Crippen molar-refractivity contribution in [1.82, 2.24) is 14.9 Å². The van der Waals surface area contributed by atoms with Crippen LogP contribution in [0.15, 0.2) is 42.7 Å². The predicted molar refractivity (Wildman–Crippen MR) is 92.3 cm³/mol. The number of rotatable bonds is 5. The molecule has 124 valence electrons. The van der Waals surface area contributed by atoms with E-state index < -0.39 is 0 Å². The lowest BCUT2D eigenvalue weighted by atomic mass is 9.94. The molecule has 1 aliphatic heterocycles. The van der Waals surface area contributed by atoms with Gasteiger partial charge in [-0.1, -0.05) is 30.3 Å². The lowest BCUT2D eigenvalue weighted by Gasteiger charge is -2.27. The molecule has 23 heavy (non-hydrogen) atoms. The number of hydrogen-bond acceptors (Lipinski definition) is 3. The molecule has 0 saturated carbocycles. The highest BCUT2D eigenvalue weighted by atomic mass is 16.5. The summed E-state index contributed by atoms with van der Waals surface area (Å²) in [4.78, 5) is 4.52. The summed E-state index contributed by atoms with van der Waals surface area (Å²) in [5.74, 6) is 1.06. The van der Waals surface area contributed by atoms with Crippen LogP contribution >= 0.6 is 0 Å². The van der Waals surface area contributed by atoms with Gasteiger partial charge in [-0.3, -0.25) is 0 Å². The van der Waals surface area contributed by atoms with Crippen molar-refractivity contribution in [2.24, 2.45) is 0 Å². The standard InChI is InChI=1S/C19H27N3O/c1-18(2)12-16(19(3,4)23-18)21-13-17-20-10-11-22(17)14-15-8-6-5-7-9-15/h5-11,16,21H,12-14H2,1-4H3/t16-/m1/s1. The molecular formula is C19H27N3O. The minimum absolute atomic E-state index is 0.0688. The molecule has 1 saturated heterocycles. The molecule has 0 amide bonds. The van der Waals surface area contributed by atoms with Crippen molar-refractivity contribution in [2.45, 2.75) is 64.4 Å². The van der Waals surface area contributed by atoms with E-state index in [1.807, 2.05) is 18.5 Å². The molecule has 1 atom stereocenters. The van der Waals surface area contributed by atoms with E-state index in [0.29, 0.717) is 6.04 Å². The molecule has 4 nitrogen and oxygen atoms in total. The molecular weight excluding hydrogens is 286 g/mol. The topological polar surface area (TPSA) is 39.1 Å². The minimum atomic E-state index is -0.152. The molecule has 1 aromatic heterocycles. The highest BCUT2D eigenvalue weighted by Gasteiger charge is 2.45. The van der Waals surface area contributed by atoms with E-state index in [1.54, 1.807) is 0 Å². The summed E-state index contributed by atoms with van der Waals surface area (Å²) in [6.45, 7) is 10.3. The number of benzene rings is 1. The average molecular weight is 313 g/mol. The molecule has 1 aliphatic rings. The lowest BCUT2D eigenvalue weighted by molar-refractivity contribution is -0.0699. The van der Waals surface area contributed by atoms with Crippen molar-refractivity contribution in [3.63, 3.8) is 0 Å². The average Bonchev–Trinajstić information content (AvgIpc) is 2.98. The highest BCUT2D eigenvalue weighted by Crippen LogP contribution is 2.37. The van der Waals surface area contributed by atoms with Crippen LogP contribution in [0.3, 0.4) is 0 Å². The maximum absolute atomic E-state index is 6.15. The van der Waals surface area contributed by atoms with Crippen LogP contribution in [0.2, 0.25) is 0 Å². The maximum Gasteiger partial charge on any atom is 0.122 e. The summed E-state index contributed by atoms with van der Waals surface area (Å²) in [6, 6.07) is 10.8. The van der Waals surface area contributed by atoms with Crippen molar-refractivity contribution in [3.8, 4) is 0 Å². The summed E-state index contributed by atoms with van der Waals surface area (Å²) >= 11 is 0. The van der Waals surface area contributed by atoms with Gasteiger partial charge in [0.15, 0.2) is 0 Å². The summed E-state index contributed by atoms with van der Waals surface area (Å²) in [5, 5.41) is 3.65. The first kappa shape index (κ1) is 16.2. The number of imidazole rings is 1. The Morgan fingerprint density at radius 1 is 1.22 bits per heavy atom. The quantitative estimate of drug-likeness (QED) is 0.920. The van der Waals surface area contributed by atoms with Gasteiger partial charge in [0.2, 0.25) is 0 Å². The third-order valence-corrected chi connectivity index (χ3v) is 4.58. The number of hydrogen-bond donors (Lipinski definition) is 1. The lowest BCUT2D eigenvalue weighted by Crippen LogP contribution is -2.43. The summed E-state index contributed by atoms with van der Waals surface area (Å²) in [6.07, 6.45) is 4.93. The summed E-state index contributed by atoms with van der Waals surface area (Å²) < 4.78 is 8.36. The molecule has 2 heterocycles.